The molecule has 140 valence electrons. The molecular formula is C20H25NO5. The van der Waals surface area contributed by atoms with Crippen LogP contribution in [0.5, 0.6) is 11.5 Å². The van der Waals surface area contributed by atoms with Crippen LogP contribution in [0.15, 0.2) is 42.5 Å². The van der Waals surface area contributed by atoms with Gasteiger partial charge in [0.05, 0.1) is 14.2 Å². The highest BCUT2D eigenvalue weighted by molar-refractivity contribution is 5.92. The van der Waals surface area contributed by atoms with E-state index in [2.05, 4.69) is 5.32 Å². The van der Waals surface area contributed by atoms with Crippen LogP contribution in [-0.4, -0.2) is 44.6 Å². The third-order valence-corrected chi connectivity index (χ3v) is 3.90. The summed E-state index contributed by atoms with van der Waals surface area (Å²) in [5, 5.41) is 13.2. The minimum atomic E-state index is -0.645. The van der Waals surface area contributed by atoms with E-state index in [4.69, 9.17) is 14.2 Å². The zero-order valence-corrected chi connectivity index (χ0v) is 15.3. The van der Waals surface area contributed by atoms with Crippen LogP contribution in [-0.2, 0) is 11.3 Å². The Morgan fingerprint density at radius 3 is 2.62 bits per heavy atom. The van der Waals surface area contributed by atoms with E-state index in [0.717, 1.165) is 16.9 Å². The minimum Gasteiger partial charge on any atom is -0.496 e. The van der Waals surface area contributed by atoms with Gasteiger partial charge in [0.15, 0.2) is 0 Å². The molecule has 0 heterocycles. The molecule has 0 aliphatic carbocycles. The van der Waals surface area contributed by atoms with Gasteiger partial charge in [-0.25, -0.2) is 4.79 Å². The Morgan fingerprint density at radius 2 is 1.92 bits per heavy atom. The van der Waals surface area contributed by atoms with E-state index in [1.54, 1.807) is 12.1 Å². The molecule has 0 spiro atoms. The number of hydrogen-bond acceptors (Lipinski definition) is 6. The minimum absolute atomic E-state index is 0.202. The third kappa shape index (κ3) is 5.47. The summed E-state index contributed by atoms with van der Waals surface area (Å²) in [6.45, 7) is 3.03. The van der Waals surface area contributed by atoms with E-state index in [1.165, 1.54) is 14.2 Å². The average Bonchev–Trinajstić information content (AvgIpc) is 2.66. The number of benzene rings is 2. The van der Waals surface area contributed by atoms with Gasteiger partial charge < -0.3 is 24.6 Å². The average molecular weight is 359 g/mol. The lowest BCUT2D eigenvalue weighted by molar-refractivity contribution is 0.0597. The van der Waals surface area contributed by atoms with Crippen molar-refractivity contribution in [3.63, 3.8) is 0 Å². The summed E-state index contributed by atoms with van der Waals surface area (Å²) in [6.07, 6.45) is -0.645. The van der Waals surface area contributed by atoms with Crippen molar-refractivity contribution in [3.8, 4) is 11.5 Å². The van der Waals surface area contributed by atoms with Gasteiger partial charge in [-0.15, -0.1) is 0 Å². The molecule has 0 bridgehead atoms. The number of methoxy groups -OCH3 is 2. The van der Waals surface area contributed by atoms with Gasteiger partial charge in [0, 0.05) is 13.1 Å². The van der Waals surface area contributed by atoms with E-state index in [-0.39, 0.29) is 6.61 Å². The summed E-state index contributed by atoms with van der Waals surface area (Å²) < 4.78 is 15.6. The fourth-order valence-electron chi connectivity index (χ4n) is 2.48. The molecule has 0 saturated carbocycles. The molecule has 2 N–H and O–H groups in total. The van der Waals surface area contributed by atoms with E-state index >= 15 is 0 Å². The summed E-state index contributed by atoms with van der Waals surface area (Å²) in [5.41, 5.74) is 2.29. The van der Waals surface area contributed by atoms with Crippen molar-refractivity contribution in [2.24, 2.45) is 0 Å². The molecule has 0 aliphatic rings. The Balaban J connectivity index is 1.83. The van der Waals surface area contributed by atoms with E-state index < -0.39 is 12.1 Å². The van der Waals surface area contributed by atoms with Crippen LogP contribution in [0.1, 0.15) is 21.5 Å². The monoisotopic (exact) mass is 359 g/mol. The molecule has 2 aromatic rings. The maximum absolute atomic E-state index is 11.8. The smallest absolute Gasteiger partial charge is 0.341 e. The number of aliphatic hydroxyl groups excluding tert-OH is 1. The van der Waals surface area contributed by atoms with Gasteiger partial charge in [-0.2, -0.15) is 0 Å². The molecule has 0 saturated heterocycles. The van der Waals surface area contributed by atoms with Crippen LogP contribution >= 0.6 is 0 Å². The standard InChI is InChI=1S/C20H25NO5/c1-14-6-4-5-7-18(14)26-13-16(22)12-21-11-15-8-9-19(24-2)17(10-15)20(23)25-3/h4-10,16,21-22H,11-13H2,1-3H3/t16-/m1/s1. The Labute approximate surface area is 153 Å². The first-order chi connectivity index (χ1) is 12.5. The van der Waals surface area contributed by atoms with Crippen LogP contribution in [0.4, 0.5) is 0 Å². The Bertz CT molecular complexity index is 732. The lowest BCUT2D eigenvalue weighted by atomic mass is 10.1. The summed E-state index contributed by atoms with van der Waals surface area (Å²) in [7, 11) is 2.84. The maximum Gasteiger partial charge on any atom is 0.341 e. The first-order valence-corrected chi connectivity index (χ1v) is 8.37. The molecule has 0 unspecified atom stereocenters. The molecule has 0 fully saturated rings. The second-order valence-electron chi connectivity index (χ2n) is 5.89. The summed E-state index contributed by atoms with van der Waals surface area (Å²) in [5.74, 6) is 0.784. The number of esters is 1. The number of hydrogen-bond donors (Lipinski definition) is 2. The van der Waals surface area contributed by atoms with Gasteiger partial charge in [0.2, 0.25) is 0 Å². The van der Waals surface area contributed by atoms with E-state index in [1.807, 2.05) is 37.3 Å². The number of rotatable bonds is 9. The predicted octanol–water partition coefficient (Wildman–Crippen LogP) is 2.32. The van der Waals surface area contributed by atoms with Crippen molar-refractivity contribution in [3.05, 3.63) is 59.2 Å². The molecular weight excluding hydrogens is 334 g/mol. The summed E-state index contributed by atoms with van der Waals surface area (Å²) >= 11 is 0. The topological polar surface area (TPSA) is 77.0 Å². The highest BCUT2D eigenvalue weighted by atomic mass is 16.5. The zero-order valence-electron chi connectivity index (χ0n) is 15.3. The van der Waals surface area contributed by atoms with E-state index in [0.29, 0.717) is 24.4 Å². The van der Waals surface area contributed by atoms with Crippen molar-refractivity contribution >= 4 is 5.97 Å². The lowest BCUT2D eigenvalue weighted by Gasteiger charge is -2.15. The molecule has 1 atom stereocenters. The lowest BCUT2D eigenvalue weighted by Crippen LogP contribution is -2.31. The van der Waals surface area contributed by atoms with Gasteiger partial charge in [-0.3, -0.25) is 0 Å². The zero-order chi connectivity index (χ0) is 18.9. The number of carbonyl (C=O) groups excluding carboxylic acids is 1. The van der Waals surface area contributed by atoms with Crippen LogP contribution in [0.3, 0.4) is 0 Å². The molecule has 6 heteroatoms. The molecule has 2 rings (SSSR count). The van der Waals surface area contributed by atoms with Crippen LogP contribution in [0.2, 0.25) is 0 Å². The second-order valence-corrected chi connectivity index (χ2v) is 5.89. The Hall–Kier alpha value is -2.57. The second kappa shape index (κ2) is 9.79. The SMILES string of the molecule is COC(=O)c1cc(CNC[C@@H](O)COc2ccccc2C)ccc1OC. The fourth-order valence-corrected chi connectivity index (χ4v) is 2.48. The number of aliphatic hydroxyl groups is 1. The van der Waals surface area contributed by atoms with Gasteiger partial charge >= 0.3 is 5.97 Å². The molecule has 0 aliphatic heterocycles. The van der Waals surface area contributed by atoms with Crippen LogP contribution in [0, 0.1) is 6.92 Å². The quantitative estimate of drug-likeness (QED) is 0.669. The molecule has 0 radical (unpaired) electrons. The fraction of sp³-hybridized carbons (Fsp3) is 0.350. The molecule has 2 aromatic carbocycles. The first kappa shape index (κ1) is 19.8. The van der Waals surface area contributed by atoms with Crippen LogP contribution < -0.4 is 14.8 Å². The third-order valence-electron chi connectivity index (χ3n) is 3.90. The molecule has 6 nitrogen and oxygen atoms in total. The predicted molar refractivity (Wildman–Crippen MR) is 98.7 cm³/mol. The summed E-state index contributed by atoms with van der Waals surface area (Å²) in [6, 6.07) is 13.0. The van der Waals surface area contributed by atoms with E-state index in [9.17, 15) is 9.90 Å². The van der Waals surface area contributed by atoms with Crippen LogP contribution in [0.25, 0.3) is 0 Å². The first-order valence-electron chi connectivity index (χ1n) is 8.37. The van der Waals surface area contributed by atoms with Crippen molar-refractivity contribution in [1.29, 1.82) is 0 Å². The van der Waals surface area contributed by atoms with Crippen molar-refractivity contribution in [2.75, 3.05) is 27.4 Å². The normalized spacial score (nSPS) is 11.7. The number of nitrogens with one attached hydrogen (secondary N) is 1. The van der Waals surface area contributed by atoms with Gasteiger partial charge in [0.1, 0.15) is 29.8 Å². The Morgan fingerprint density at radius 1 is 1.15 bits per heavy atom. The number of para-hydroxylation sites is 1. The highest BCUT2D eigenvalue weighted by Crippen LogP contribution is 2.21. The number of carbonyl (C=O) groups is 1. The van der Waals surface area contributed by atoms with Gasteiger partial charge in [-0.1, -0.05) is 24.3 Å². The van der Waals surface area contributed by atoms with Crippen molar-refractivity contribution < 1.29 is 24.1 Å². The Kier molecular flexibility index (Phi) is 7.44. The largest absolute Gasteiger partial charge is 0.496 e. The summed E-state index contributed by atoms with van der Waals surface area (Å²) in [4.78, 5) is 11.8. The maximum atomic E-state index is 11.8. The number of ether oxygens (including phenoxy) is 3. The van der Waals surface area contributed by atoms with Gasteiger partial charge in [0.25, 0.3) is 0 Å². The van der Waals surface area contributed by atoms with Crippen molar-refractivity contribution in [2.45, 2.75) is 19.6 Å². The van der Waals surface area contributed by atoms with Gasteiger partial charge in [-0.05, 0) is 36.2 Å². The van der Waals surface area contributed by atoms with Crippen molar-refractivity contribution in [1.82, 2.24) is 5.32 Å². The molecule has 0 aromatic heterocycles. The highest BCUT2D eigenvalue weighted by Gasteiger charge is 2.13. The number of aryl methyl sites for hydroxylation is 1. The molecule has 26 heavy (non-hydrogen) atoms. The molecule has 0 amide bonds.